The molecule has 0 radical (unpaired) electrons. The number of halogens is 1. The minimum atomic E-state index is -0.492. The zero-order valence-electron chi connectivity index (χ0n) is 14.9. The summed E-state index contributed by atoms with van der Waals surface area (Å²) in [5.41, 5.74) is 3.17. The first-order valence-corrected chi connectivity index (χ1v) is 9.18. The Morgan fingerprint density at radius 3 is 2.52 bits per heavy atom. The lowest BCUT2D eigenvalue weighted by atomic mass is 10.1. The highest BCUT2D eigenvalue weighted by molar-refractivity contribution is 9.10. The van der Waals surface area contributed by atoms with E-state index in [2.05, 4.69) is 21.2 Å². The normalized spacial score (nSPS) is 16.5. The average molecular weight is 432 g/mol. The summed E-state index contributed by atoms with van der Waals surface area (Å²) in [7, 11) is 0. The number of nitrogens with one attached hydrogen (secondary N) is 1. The van der Waals surface area contributed by atoms with Crippen molar-refractivity contribution in [2.24, 2.45) is 5.92 Å². The Hall–Kier alpha value is -2.74. The molecule has 0 bridgehead atoms. The Bertz CT molecular complexity index is 927. The lowest BCUT2D eigenvalue weighted by molar-refractivity contribution is -0.384. The molecule has 1 aliphatic rings. The Morgan fingerprint density at radius 2 is 1.89 bits per heavy atom. The predicted molar refractivity (Wildman–Crippen MR) is 106 cm³/mol. The summed E-state index contributed by atoms with van der Waals surface area (Å²) in [4.78, 5) is 36.7. The third kappa shape index (κ3) is 4.00. The molecule has 1 atom stereocenters. The number of nitro groups is 1. The van der Waals surface area contributed by atoms with Crippen LogP contribution in [0.4, 0.5) is 17.1 Å². The maximum absolute atomic E-state index is 12.6. The van der Waals surface area contributed by atoms with Crippen LogP contribution in [0.3, 0.4) is 0 Å². The summed E-state index contributed by atoms with van der Waals surface area (Å²) < 4.78 is 0.971. The fourth-order valence-electron chi connectivity index (χ4n) is 3.04. The van der Waals surface area contributed by atoms with Crippen molar-refractivity contribution in [2.75, 3.05) is 16.8 Å². The van der Waals surface area contributed by atoms with Crippen LogP contribution in [0.2, 0.25) is 0 Å². The number of anilines is 2. The molecule has 0 unspecified atom stereocenters. The van der Waals surface area contributed by atoms with Gasteiger partial charge in [-0.15, -0.1) is 0 Å². The summed E-state index contributed by atoms with van der Waals surface area (Å²) in [6.07, 6.45) is 0.109. The second kappa shape index (κ2) is 7.48. The summed E-state index contributed by atoms with van der Waals surface area (Å²) in [6, 6.07) is 9.58. The standard InChI is InChI=1S/C19H18BrN3O4/c1-11-8-17(12(2)7-16(11)20)21-19(25)13-9-18(24)22(10-13)14-3-5-15(6-4-14)23(26)27/h3-8,13H,9-10H2,1-2H3,(H,21,25)/t13-/m1/s1. The van der Waals surface area contributed by atoms with Gasteiger partial charge in [-0.2, -0.15) is 0 Å². The molecule has 3 rings (SSSR count). The van der Waals surface area contributed by atoms with Crippen molar-refractivity contribution in [3.63, 3.8) is 0 Å². The van der Waals surface area contributed by atoms with E-state index in [1.54, 1.807) is 0 Å². The third-order valence-electron chi connectivity index (χ3n) is 4.63. The highest BCUT2D eigenvalue weighted by atomic mass is 79.9. The molecule has 0 aromatic heterocycles. The van der Waals surface area contributed by atoms with Gasteiger partial charge in [0.25, 0.3) is 5.69 Å². The highest BCUT2D eigenvalue weighted by Crippen LogP contribution is 2.29. The van der Waals surface area contributed by atoms with E-state index in [1.165, 1.54) is 29.2 Å². The first-order chi connectivity index (χ1) is 12.8. The molecule has 0 aliphatic carbocycles. The van der Waals surface area contributed by atoms with Crippen LogP contribution in [0.1, 0.15) is 17.5 Å². The van der Waals surface area contributed by atoms with Gasteiger partial charge in [0, 0.05) is 40.9 Å². The number of aryl methyl sites for hydroxylation is 2. The minimum Gasteiger partial charge on any atom is -0.326 e. The maximum Gasteiger partial charge on any atom is 0.269 e. The van der Waals surface area contributed by atoms with Gasteiger partial charge >= 0.3 is 0 Å². The zero-order chi connectivity index (χ0) is 19.7. The Morgan fingerprint density at radius 1 is 1.22 bits per heavy atom. The SMILES string of the molecule is Cc1cc(NC(=O)[C@@H]2CC(=O)N(c3ccc([N+](=O)[O-])cc3)C2)c(C)cc1Br. The van der Waals surface area contributed by atoms with E-state index in [9.17, 15) is 19.7 Å². The van der Waals surface area contributed by atoms with E-state index in [0.717, 1.165) is 21.3 Å². The van der Waals surface area contributed by atoms with Crippen molar-refractivity contribution in [3.05, 3.63) is 62.1 Å². The molecule has 7 nitrogen and oxygen atoms in total. The fraction of sp³-hybridized carbons (Fsp3) is 0.263. The number of non-ortho nitro benzene ring substituents is 1. The second-order valence-electron chi connectivity index (χ2n) is 6.58. The van der Waals surface area contributed by atoms with Gasteiger partial charge in [0.2, 0.25) is 11.8 Å². The number of carbonyl (C=O) groups excluding carboxylic acids is 2. The van der Waals surface area contributed by atoms with E-state index >= 15 is 0 Å². The third-order valence-corrected chi connectivity index (χ3v) is 5.49. The van der Waals surface area contributed by atoms with Gasteiger partial charge in [-0.3, -0.25) is 19.7 Å². The smallest absolute Gasteiger partial charge is 0.269 e. The van der Waals surface area contributed by atoms with Crippen LogP contribution in [0, 0.1) is 29.9 Å². The number of benzene rings is 2. The molecule has 8 heteroatoms. The van der Waals surface area contributed by atoms with Gasteiger partial charge in [0.15, 0.2) is 0 Å². The van der Waals surface area contributed by atoms with Gasteiger partial charge in [-0.05, 0) is 49.2 Å². The number of rotatable bonds is 4. The molecule has 2 amide bonds. The van der Waals surface area contributed by atoms with E-state index in [4.69, 9.17) is 0 Å². The van der Waals surface area contributed by atoms with E-state index in [1.807, 2.05) is 26.0 Å². The molecule has 2 aromatic carbocycles. The summed E-state index contributed by atoms with van der Waals surface area (Å²) in [5, 5.41) is 13.7. The summed E-state index contributed by atoms with van der Waals surface area (Å²) in [6.45, 7) is 4.09. The van der Waals surface area contributed by atoms with Crippen LogP contribution in [0.5, 0.6) is 0 Å². The van der Waals surface area contributed by atoms with Crippen molar-refractivity contribution < 1.29 is 14.5 Å². The van der Waals surface area contributed by atoms with Crippen LogP contribution in [0.15, 0.2) is 40.9 Å². The molecule has 0 spiro atoms. The molecule has 27 heavy (non-hydrogen) atoms. The monoisotopic (exact) mass is 431 g/mol. The molecule has 1 aliphatic heterocycles. The first-order valence-electron chi connectivity index (χ1n) is 8.38. The van der Waals surface area contributed by atoms with Gasteiger partial charge in [0.05, 0.1) is 10.8 Å². The van der Waals surface area contributed by atoms with Gasteiger partial charge < -0.3 is 10.2 Å². The molecule has 1 saturated heterocycles. The van der Waals surface area contributed by atoms with Crippen LogP contribution < -0.4 is 10.2 Å². The predicted octanol–water partition coefficient (Wildman–Crippen LogP) is 3.97. The van der Waals surface area contributed by atoms with Crippen LogP contribution in [-0.2, 0) is 9.59 Å². The quantitative estimate of drug-likeness (QED) is 0.585. The molecular weight excluding hydrogens is 414 g/mol. The Kier molecular flexibility index (Phi) is 5.27. The first kappa shape index (κ1) is 19.0. The lowest BCUT2D eigenvalue weighted by Gasteiger charge is -2.17. The average Bonchev–Trinajstić information content (AvgIpc) is 3.01. The lowest BCUT2D eigenvalue weighted by Crippen LogP contribution is -2.28. The molecule has 1 heterocycles. The number of amides is 2. The van der Waals surface area contributed by atoms with Gasteiger partial charge in [0.1, 0.15) is 0 Å². The van der Waals surface area contributed by atoms with E-state index < -0.39 is 10.8 Å². The van der Waals surface area contributed by atoms with Gasteiger partial charge in [-0.1, -0.05) is 15.9 Å². The Labute approximate surface area is 164 Å². The number of carbonyl (C=O) groups is 2. The second-order valence-corrected chi connectivity index (χ2v) is 7.44. The highest BCUT2D eigenvalue weighted by Gasteiger charge is 2.35. The summed E-state index contributed by atoms with van der Waals surface area (Å²) in [5.74, 6) is -0.860. The number of hydrogen-bond donors (Lipinski definition) is 1. The van der Waals surface area contributed by atoms with Gasteiger partial charge in [-0.25, -0.2) is 0 Å². The molecule has 1 fully saturated rings. The molecule has 1 N–H and O–H groups in total. The Balaban J connectivity index is 1.72. The van der Waals surface area contributed by atoms with E-state index in [0.29, 0.717) is 5.69 Å². The number of nitro benzene ring substituents is 1. The van der Waals surface area contributed by atoms with Crippen LogP contribution in [0.25, 0.3) is 0 Å². The van der Waals surface area contributed by atoms with Crippen LogP contribution in [-0.4, -0.2) is 23.3 Å². The van der Waals surface area contributed by atoms with Crippen molar-refractivity contribution in [2.45, 2.75) is 20.3 Å². The molecule has 0 saturated carbocycles. The largest absolute Gasteiger partial charge is 0.326 e. The number of hydrogen-bond acceptors (Lipinski definition) is 4. The summed E-state index contributed by atoms with van der Waals surface area (Å²) >= 11 is 3.46. The van der Waals surface area contributed by atoms with Crippen molar-refractivity contribution in [1.82, 2.24) is 0 Å². The maximum atomic E-state index is 12.6. The van der Waals surface area contributed by atoms with Crippen molar-refractivity contribution >= 4 is 44.8 Å². The molecular formula is C19H18BrN3O4. The number of nitrogens with zero attached hydrogens (tertiary/aromatic N) is 2. The van der Waals surface area contributed by atoms with Crippen molar-refractivity contribution in [1.29, 1.82) is 0 Å². The topological polar surface area (TPSA) is 92.6 Å². The van der Waals surface area contributed by atoms with Crippen molar-refractivity contribution in [3.8, 4) is 0 Å². The molecule has 2 aromatic rings. The fourth-order valence-corrected chi connectivity index (χ4v) is 3.50. The minimum absolute atomic E-state index is 0.0410. The molecule has 140 valence electrons. The zero-order valence-corrected chi connectivity index (χ0v) is 16.4. The van der Waals surface area contributed by atoms with E-state index in [-0.39, 0.29) is 30.5 Å². The van der Waals surface area contributed by atoms with Crippen LogP contribution >= 0.6 is 15.9 Å².